The number of benzene rings is 1. The molecule has 2 unspecified atom stereocenters. The van der Waals surface area contributed by atoms with Gasteiger partial charge in [0.15, 0.2) is 0 Å². The molecule has 1 fully saturated rings. The Morgan fingerprint density at radius 2 is 2.00 bits per heavy atom. The van der Waals surface area contributed by atoms with E-state index in [4.69, 9.17) is 5.26 Å². The molecule has 20 heavy (non-hydrogen) atoms. The Labute approximate surface area is 121 Å². The van der Waals surface area contributed by atoms with Gasteiger partial charge in [0.05, 0.1) is 18.1 Å². The molecular weight excluding hydrogens is 248 g/mol. The van der Waals surface area contributed by atoms with Crippen molar-refractivity contribution < 1.29 is 4.79 Å². The molecule has 2 rings (SSSR count). The van der Waals surface area contributed by atoms with Crippen molar-refractivity contribution in [3.8, 4) is 6.07 Å². The quantitative estimate of drug-likeness (QED) is 0.858. The van der Waals surface area contributed by atoms with Gasteiger partial charge in [-0.2, -0.15) is 5.26 Å². The minimum Gasteiger partial charge on any atom is -0.353 e. The van der Waals surface area contributed by atoms with E-state index in [1.807, 2.05) is 12.1 Å². The molecule has 0 spiro atoms. The highest BCUT2D eigenvalue weighted by molar-refractivity contribution is 5.78. The van der Waals surface area contributed by atoms with E-state index < -0.39 is 0 Å². The summed E-state index contributed by atoms with van der Waals surface area (Å²) in [5, 5.41) is 11.9. The SMILES string of the molecule is CC1CCCC(NC(=O)Cc2ccc(C#N)cc2)CC1. The molecule has 0 saturated heterocycles. The lowest BCUT2D eigenvalue weighted by atomic mass is 10.0. The number of amides is 1. The fourth-order valence-corrected chi connectivity index (χ4v) is 2.79. The second kappa shape index (κ2) is 7.09. The predicted octanol–water partition coefficient (Wildman–Crippen LogP) is 3.19. The van der Waals surface area contributed by atoms with Crippen molar-refractivity contribution in [3.63, 3.8) is 0 Å². The van der Waals surface area contributed by atoms with Crippen molar-refractivity contribution in [3.05, 3.63) is 35.4 Å². The number of nitriles is 1. The van der Waals surface area contributed by atoms with Crippen molar-refractivity contribution in [2.75, 3.05) is 0 Å². The first-order chi connectivity index (χ1) is 9.67. The van der Waals surface area contributed by atoms with Crippen LogP contribution < -0.4 is 5.32 Å². The predicted molar refractivity (Wildman–Crippen MR) is 79.0 cm³/mol. The summed E-state index contributed by atoms with van der Waals surface area (Å²) in [5.74, 6) is 0.879. The van der Waals surface area contributed by atoms with E-state index in [-0.39, 0.29) is 5.91 Å². The topological polar surface area (TPSA) is 52.9 Å². The standard InChI is InChI=1S/C17H22N2O/c1-13-3-2-4-16(10-5-13)19-17(20)11-14-6-8-15(12-18)9-7-14/h6-9,13,16H,2-5,10-11H2,1H3,(H,19,20). The van der Waals surface area contributed by atoms with Crippen LogP contribution in [0.1, 0.15) is 50.2 Å². The molecule has 3 nitrogen and oxygen atoms in total. The van der Waals surface area contributed by atoms with Gasteiger partial charge in [0.25, 0.3) is 0 Å². The van der Waals surface area contributed by atoms with Crippen LogP contribution in [-0.4, -0.2) is 11.9 Å². The first-order valence-electron chi connectivity index (χ1n) is 7.46. The van der Waals surface area contributed by atoms with Crippen molar-refractivity contribution in [2.45, 2.75) is 51.5 Å². The average Bonchev–Trinajstić information content (AvgIpc) is 2.64. The Morgan fingerprint density at radius 1 is 1.25 bits per heavy atom. The van der Waals surface area contributed by atoms with Gasteiger partial charge in [-0.25, -0.2) is 0 Å². The van der Waals surface area contributed by atoms with Gasteiger partial charge in [-0.3, -0.25) is 4.79 Å². The number of nitrogens with zero attached hydrogens (tertiary/aromatic N) is 1. The fourth-order valence-electron chi connectivity index (χ4n) is 2.79. The maximum Gasteiger partial charge on any atom is 0.224 e. The van der Waals surface area contributed by atoms with Crippen LogP contribution in [0.3, 0.4) is 0 Å². The molecule has 106 valence electrons. The van der Waals surface area contributed by atoms with Gasteiger partial charge in [0, 0.05) is 6.04 Å². The van der Waals surface area contributed by atoms with Crippen LogP contribution in [0.4, 0.5) is 0 Å². The van der Waals surface area contributed by atoms with Crippen LogP contribution >= 0.6 is 0 Å². The van der Waals surface area contributed by atoms with Gasteiger partial charge in [-0.05, 0) is 42.9 Å². The lowest BCUT2D eigenvalue weighted by Crippen LogP contribution is -2.35. The lowest BCUT2D eigenvalue weighted by Gasteiger charge is -2.16. The molecule has 1 amide bonds. The van der Waals surface area contributed by atoms with E-state index in [1.165, 1.54) is 19.3 Å². The molecule has 0 bridgehead atoms. The Bertz CT molecular complexity index is 487. The Hall–Kier alpha value is -1.82. The van der Waals surface area contributed by atoms with E-state index in [9.17, 15) is 4.79 Å². The van der Waals surface area contributed by atoms with Crippen LogP contribution in [0.5, 0.6) is 0 Å². The summed E-state index contributed by atoms with van der Waals surface area (Å²) < 4.78 is 0. The molecule has 3 heteroatoms. The Morgan fingerprint density at radius 3 is 2.70 bits per heavy atom. The van der Waals surface area contributed by atoms with Crippen molar-refractivity contribution in [2.24, 2.45) is 5.92 Å². The van der Waals surface area contributed by atoms with E-state index in [2.05, 4.69) is 18.3 Å². The van der Waals surface area contributed by atoms with Gasteiger partial charge in [-0.15, -0.1) is 0 Å². The Kier molecular flexibility index (Phi) is 5.17. The molecule has 2 atom stereocenters. The maximum atomic E-state index is 12.1. The molecule has 1 aromatic rings. The second-order valence-electron chi connectivity index (χ2n) is 5.86. The molecule has 1 saturated carbocycles. The number of rotatable bonds is 3. The van der Waals surface area contributed by atoms with Crippen LogP contribution in [0.15, 0.2) is 24.3 Å². The maximum absolute atomic E-state index is 12.1. The summed E-state index contributed by atoms with van der Waals surface area (Å²) in [6.07, 6.45) is 6.30. The highest BCUT2D eigenvalue weighted by Crippen LogP contribution is 2.22. The zero-order valence-electron chi connectivity index (χ0n) is 12.1. The zero-order chi connectivity index (χ0) is 14.4. The average molecular weight is 270 g/mol. The molecule has 1 aromatic carbocycles. The van der Waals surface area contributed by atoms with Crippen LogP contribution in [0.2, 0.25) is 0 Å². The lowest BCUT2D eigenvalue weighted by molar-refractivity contribution is -0.121. The smallest absolute Gasteiger partial charge is 0.224 e. The van der Waals surface area contributed by atoms with Gasteiger partial charge < -0.3 is 5.32 Å². The third-order valence-corrected chi connectivity index (χ3v) is 4.07. The first kappa shape index (κ1) is 14.6. The number of nitrogens with one attached hydrogen (secondary N) is 1. The molecule has 0 radical (unpaired) electrons. The highest BCUT2D eigenvalue weighted by atomic mass is 16.1. The largest absolute Gasteiger partial charge is 0.353 e. The normalized spacial score (nSPS) is 22.6. The molecule has 0 aromatic heterocycles. The Balaban J connectivity index is 1.83. The number of carbonyl (C=O) groups is 1. The van der Waals surface area contributed by atoms with Gasteiger partial charge in [-0.1, -0.05) is 31.9 Å². The van der Waals surface area contributed by atoms with Crippen molar-refractivity contribution in [1.29, 1.82) is 5.26 Å². The van der Waals surface area contributed by atoms with Gasteiger partial charge >= 0.3 is 0 Å². The third kappa shape index (κ3) is 4.38. The van der Waals surface area contributed by atoms with E-state index in [0.717, 1.165) is 24.3 Å². The minimum absolute atomic E-state index is 0.0919. The number of hydrogen-bond donors (Lipinski definition) is 1. The highest BCUT2D eigenvalue weighted by Gasteiger charge is 2.17. The van der Waals surface area contributed by atoms with Crippen LogP contribution in [0.25, 0.3) is 0 Å². The monoisotopic (exact) mass is 270 g/mol. The van der Waals surface area contributed by atoms with Crippen LogP contribution in [0, 0.1) is 17.2 Å². The van der Waals surface area contributed by atoms with E-state index in [1.54, 1.807) is 12.1 Å². The summed E-state index contributed by atoms with van der Waals surface area (Å²) in [7, 11) is 0. The number of hydrogen-bond acceptors (Lipinski definition) is 2. The van der Waals surface area contributed by atoms with Crippen molar-refractivity contribution >= 4 is 5.91 Å². The molecule has 0 aliphatic heterocycles. The number of carbonyl (C=O) groups excluding carboxylic acids is 1. The fraction of sp³-hybridized carbons (Fsp3) is 0.529. The van der Waals surface area contributed by atoms with E-state index in [0.29, 0.717) is 18.0 Å². The zero-order valence-corrected chi connectivity index (χ0v) is 12.1. The summed E-state index contributed by atoms with van der Waals surface area (Å²) in [6.45, 7) is 2.29. The van der Waals surface area contributed by atoms with Crippen LogP contribution in [-0.2, 0) is 11.2 Å². The summed E-state index contributed by atoms with van der Waals surface area (Å²) in [5.41, 5.74) is 1.59. The second-order valence-corrected chi connectivity index (χ2v) is 5.86. The molecule has 1 aliphatic carbocycles. The van der Waals surface area contributed by atoms with Crippen molar-refractivity contribution in [1.82, 2.24) is 5.32 Å². The summed E-state index contributed by atoms with van der Waals surface area (Å²) >= 11 is 0. The molecule has 0 heterocycles. The molecule has 1 aliphatic rings. The van der Waals surface area contributed by atoms with E-state index >= 15 is 0 Å². The third-order valence-electron chi connectivity index (χ3n) is 4.07. The summed E-state index contributed by atoms with van der Waals surface area (Å²) in [6, 6.07) is 9.65. The molecular formula is C17H22N2O. The summed E-state index contributed by atoms with van der Waals surface area (Å²) in [4.78, 5) is 12.1. The molecule has 1 N–H and O–H groups in total. The minimum atomic E-state index is 0.0919. The van der Waals surface area contributed by atoms with Gasteiger partial charge in [0.1, 0.15) is 0 Å². The van der Waals surface area contributed by atoms with Gasteiger partial charge in [0.2, 0.25) is 5.91 Å². The first-order valence-corrected chi connectivity index (χ1v) is 7.46.